The molecule has 0 aliphatic carbocycles. The lowest BCUT2D eigenvalue weighted by molar-refractivity contribution is -0.138. The molecule has 0 bridgehead atoms. The van der Waals surface area contributed by atoms with Gasteiger partial charge in [0, 0.05) is 19.1 Å². The van der Waals surface area contributed by atoms with Gasteiger partial charge in [-0.2, -0.15) is 13.2 Å². The fourth-order valence-electron chi connectivity index (χ4n) is 3.86. The van der Waals surface area contributed by atoms with Crippen LogP contribution in [0.1, 0.15) is 24.0 Å². The van der Waals surface area contributed by atoms with Crippen molar-refractivity contribution in [2.45, 2.75) is 31.6 Å². The van der Waals surface area contributed by atoms with Crippen LogP contribution in [0.25, 0.3) is 10.9 Å². The Morgan fingerprint density at radius 2 is 1.93 bits per heavy atom. The zero-order valence-electron chi connectivity index (χ0n) is 16.0. The monoisotopic (exact) mass is 420 g/mol. The molecule has 0 saturated carbocycles. The number of hydrogen-bond acceptors (Lipinski definition) is 4. The van der Waals surface area contributed by atoms with Crippen molar-refractivity contribution in [1.29, 1.82) is 0 Å². The highest BCUT2D eigenvalue weighted by atomic mass is 19.4. The van der Waals surface area contributed by atoms with Gasteiger partial charge in [-0.15, -0.1) is 0 Å². The van der Waals surface area contributed by atoms with Crippen LogP contribution in [-0.2, 0) is 12.7 Å². The average molecular weight is 420 g/mol. The summed E-state index contributed by atoms with van der Waals surface area (Å²) in [5.74, 6) is -0.373. The molecule has 0 spiro atoms. The Balaban J connectivity index is 1.90. The van der Waals surface area contributed by atoms with Crippen LogP contribution in [-0.4, -0.2) is 28.7 Å². The van der Waals surface area contributed by atoms with Gasteiger partial charge >= 0.3 is 6.18 Å². The third-order valence-corrected chi connectivity index (χ3v) is 5.29. The van der Waals surface area contributed by atoms with Crippen molar-refractivity contribution in [2.75, 3.05) is 18.0 Å². The lowest BCUT2D eigenvalue weighted by atomic mass is 10.1. The van der Waals surface area contributed by atoms with Crippen LogP contribution in [0.3, 0.4) is 0 Å². The summed E-state index contributed by atoms with van der Waals surface area (Å²) in [5, 5.41) is 0.0181. The summed E-state index contributed by atoms with van der Waals surface area (Å²) < 4.78 is 55.4. The van der Waals surface area contributed by atoms with Crippen molar-refractivity contribution in [2.24, 2.45) is 5.73 Å². The van der Waals surface area contributed by atoms with E-state index in [1.807, 2.05) is 4.90 Å². The minimum absolute atomic E-state index is 0.0181. The summed E-state index contributed by atoms with van der Waals surface area (Å²) in [6.45, 7) is 0.670. The largest absolute Gasteiger partial charge is 0.416 e. The topological polar surface area (TPSA) is 64.2 Å². The lowest BCUT2D eigenvalue weighted by Crippen LogP contribution is -2.45. The van der Waals surface area contributed by atoms with Gasteiger partial charge in [-0.3, -0.25) is 9.36 Å². The highest BCUT2D eigenvalue weighted by Gasteiger charge is 2.33. The molecule has 3 aromatic rings. The third kappa shape index (κ3) is 3.89. The molecule has 1 aliphatic heterocycles. The predicted octanol–water partition coefficient (Wildman–Crippen LogP) is 3.53. The number of fused-ring (bicyclic) bond motifs is 1. The molecule has 4 rings (SSSR count). The minimum atomic E-state index is -4.57. The van der Waals surface area contributed by atoms with Gasteiger partial charge in [0.15, 0.2) is 0 Å². The molecule has 158 valence electrons. The van der Waals surface area contributed by atoms with Gasteiger partial charge in [0.25, 0.3) is 5.56 Å². The summed E-state index contributed by atoms with van der Waals surface area (Å²) in [5.41, 5.74) is 4.87. The number of nitrogens with two attached hydrogens (primary N) is 1. The fourth-order valence-corrected chi connectivity index (χ4v) is 3.86. The van der Waals surface area contributed by atoms with Crippen LogP contribution < -0.4 is 16.2 Å². The van der Waals surface area contributed by atoms with Crippen LogP contribution in [0.4, 0.5) is 23.5 Å². The molecule has 1 saturated heterocycles. The summed E-state index contributed by atoms with van der Waals surface area (Å²) in [7, 11) is 0. The molecule has 30 heavy (non-hydrogen) atoms. The van der Waals surface area contributed by atoms with Crippen molar-refractivity contribution >= 4 is 16.9 Å². The van der Waals surface area contributed by atoms with E-state index in [0.717, 1.165) is 25.0 Å². The maximum atomic E-state index is 13.8. The molecule has 9 heteroatoms. The van der Waals surface area contributed by atoms with Gasteiger partial charge in [0.2, 0.25) is 5.95 Å². The van der Waals surface area contributed by atoms with Crippen LogP contribution in [0.2, 0.25) is 0 Å². The lowest BCUT2D eigenvalue weighted by Gasteiger charge is -2.33. The molecule has 0 amide bonds. The summed E-state index contributed by atoms with van der Waals surface area (Å²) >= 11 is 0. The minimum Gasteiger partial charge on any atom is -0.341 e. The third-order valence-electron chi connectivity index (χ3n) is 5.29. The molecule has 1 fully saturated rings. The molecule has 2 N–H and O–H groups in total. The van der Waals surface area contributed by atoms with Crippen LogP contribution in [0, 0.1) is 5.82 Å². The number of halogens is 4. The Hall–Kier alpha value is -2.94. The van der Waals surface area contributed by atoms with Crippen LogP contribution in [0.15, 0.2) is 47.3 Å². The highest BCUT2D eigenvalue weighted by molar-refractivity contribution is 5.79. The van der Waals surface area contributed by atoms with E-state index in [1.165, 1.54) is 34.9 Å². The van der Waals surface area contributed by atoms with E-state index < -0.39 is 23.1 Å². The Morgan fingerprint density at radius 1 is 1.17 bits per heavy atom. The van der Waals surface area contributed by atoms with E-state index in [1.54, 1.807) is 0 Å². The number of piperidine rings is 1. The van der Waals surface area contributed by atoms with Crippen LogP contribution >= 0.6 is 0 Å². The second-order valence-corrected chi connectivity index (χ2v) is 7.47. The molecule has 1 atom stereocenters. The van der Waals surface area contributed by atoms with E-state index in [0.29, 0.717) is 13.1 Å². The standard InChI is InChI=1S/C21H20F4N4O/c22-14-7-8-18-16(10-14)19(30)29(20(27-18)28-9-3-5-15(26)12-28)11-13-4-1-2-6-17(13)21(23,24)25/h1-2,4,6-8,10,15H,3,5,9,11-12,26H2/t15-/m0/s1. The smallest absolute Gasteiger partial charge is 0.341 e. The van der Waals surface area contributed by atoms with Gasteiger partial charge in [-0.05, 0) is 42.7 Å². The first kappa shape index (κ1) is 20.3. The van der Waals surface area contributed by atoms with E-state index in [2.05, 4.69) is 4.98 Å². The maximum absolute atomic E-state index is 13.8. The van der Waals surface area contributed by atoms with Crippen molar-refractivity contribution in [3.63, 3.8) is 0 Å². The molecule has 1 aromatic heterocycles. The van der Waals surface area contributed by atoms with E-state index in [-0.39, 0.29) is 35.0 Å². The number of benzene rings is 2. The predicted molar refractivity (Wildman–Crippen MR) is 106 cm³/mol. The molecule has 0 unspecified atom stereocenters. The van der Waals surface area contributed by atoms with Crippen molar-refractivity contribution < 1.29 is 17.6 Å². The molecular formula is C21H20F4N4O. The molecular weight excluding hydrogens is 400 g/mol. The molecule has 2 heterocycles. The van der Waals surface area contributed by atoms with Gasteiger partial charge < -0.3 is 10.6 Å². The first-order chi connectivity index (χ1) is 14.2. The number of hydrogen-bond donors (Lipinski definition) is 1. The number of anilines is 1. The van der Waals surface area contributed by atoms with Crippen molar-refractivity contribution in [3.05, 3.63) is 69.8 Å². The molecule has 5 nitrogen and oxygen atoms in total. The average Bonchev–Trinajstić information content (AvgIpc) is 2.70. The fraction of sp³-hybridized carbons (Fsp3) is 0.333. The number of alkyl halides is 3. The Labute approximate surface area is 169 Å². The molecule has 2 aromatic carbocycles. The van der Waals surface area contributed by atoms with E-state index in [4.69, 9.17) is 5.73 Å². The number of aromatic nitrogens is 2. The van der Waals surface area contributed by atoms with Gasteiger partial charge in [0.05, 0.1) is 23.0 Å². The van der Waals surface area contributed by atoms with Crippen LogP contribution in [0.5, 0.6) is 0 Å². The van der Waals surface area contributed by atoms with Gasteiger partial charge in [-0.25, -0.2) is 9.37 Å². The number of nitrogens with zero attached hydrogens (tertiary/aromatic N) is 3. The Morgan fingerprint density at radius 3 is 2.67 bits per heavy atom. The molecule has 0 radical (unpaired) electrons. The molecule has 1 aliphatic rings. The Kier molecular flexibility index (Phi) is 5.23. The zero-order chi connectivity index (χ0) is 21.5. The van der Waals surface area contributed by atoms with Crippen molar-refractivity contribution in [1.82, 2.24) is 9.55 Å². The highest BCUT2D eigenvalue weighted by Crippen LogP contribution is 2.32. The first-order valence-corrected chi connectivity index (χ1v) is 9.60. The van der Waals surface area contributed by atoms with E-state index >= 15 is 0 Å². The number of rotatable bonds is 3. The summed E-state index contributed by atoms with van der Waals surface area (Å²) in [6, 6.07) is 8.62. The maximum Gasteiger partial charge on any atom is 0.416 e. The normalized spacial score (nSPS) is 17.5. The zero-order valence-corrected chi connectivity index (χ0v) is 16.0. The van der Waals surface area contributed by atoms with E-state index in [9.17, 15) is 22.4 Å². The second-order valence-electron chi connectivity index (χ2n) is 7.47. The van der Waals surface area contributed by atoms with Crippen molar-refractivity contribution in [3.8, 4) is 0 Å². The SMILES string of the molecule is N[C@H]1CCCN(c2nc3ccc(F)cc3c(=O)n2Cc2ccccc2C(F)(F)F)C1. The first-order valence-electron chi connectivity index (χ1n) is 9.60. The summed E-state index contributed by atoms with van der Waals surface area (Å²) in [6.07, 6.45) is -2.97. The second kappa shape index (κ2) is 7.71. The van der Waals surface area contributed by atoms with Gasteiger partial charge in [0.1, 0.15) is 5.82 Å². The summed E-state index contributed by atoms with van der Waals surface area (Å²) in [4.78, 5) is 19.5. The Bertz CT molecular complexity index is 1140. The van der Waals surface area contributed by atoms with Gasteiger partial charge in [-0.1, -0.05) is 18.2 Å². The quantitative estimate of drug-likeness (QED) is 0.659.